The lowest BCUT2D eigenvalue weighted by atomic mass is 9.83. The van der Waals surface area contributed by atoms with Gasteiger partial charge in [-0.2, -0.15) is 0 Å². The van der Waals surface area contributed by atoms with Gasteiger partial charge in [0.2, 0.25) is 0 Å². The molecule has 1 atom stereocenters. The van der Waals surface area contributed by atoms with Crippen molar-refractivity contribution in [1.82, 2.24) is 5.32 Å². The quantitative estimate of drug-likeness (QED) is 0.0760. The summed E-state index contributed by atoms with van der Waals surface area (Å²) in [5, 5.41) is 3.93. The Balaban J connectivity index is 1.33. The third-order valence-corrected chi connectivity index (χ3v) is 10.7. The van der Waals surface area contributed by atoms with Crippen molar-refractivity contribution < 1.29 is 4.74 Å². The summed E-state index contributed by atoms with van der Waals surface area (Å²) >= 11 is 0. The summed E-state index contributed by atoms with van der Waals surface area (Å²) in [4.78, 5) is 0. The van der Waals surface area contributed by atoms with E-state index in [0.29, 0.717) is 17.4 Å². The number of unbranched alkanes of at least 4 members (excludes halogenated alkanes) is 20. The lowest BCUT2D eigenvalue weighted by molar-refractivity contribution is 0.125. The fraction of sp³-hybridized carbons (Fsp3) is 0.745. The topological polar surface area (TPSA) is 21.3 Å². The molecule has 0 amide bonds. The molecule has 0 aromatic heterocycles. The van der Waals surface area contributed by atoms with E-state index in [2.05, 4.69) is 93.7 Å². The van der Waals surface area contributed by atoms with Gasteiger partial charge in [-0.25, -0.2) is 0 Å². The van der Waals surface area contributed by atoms with Gasteiger partial charge in [0, 0.05) is 25.2 Å². The normalized spacial score (nSPS) is 12.6. The number of nitrogens with one attached hydrogen (secondary N) is 1. The van der Waals surface area contributed by atoms with Gasteiger partial charge in [0.05, 0.1) is 0 Å². The second-order valence-electron chi connectivity index (χ2n) is 16.2. The van der Waals surface area contributed by atoms with Crippen LogP contribution in [-0.4, -0.2) is 25.8 Å². The molecular weight excluding hydrogens is 595 g/mol. The van der Waals surface area contributed by atoms with E-state index < -0.39 is 0 Å². The molecule has 49 heavy (non-hydrogen) atoms. The van der Waals surface area contributed by atoms with Crippen molar-refractivity contribution in [2.45, 2.75) is 200 Å². The van der Waals surface area contributed by atoms with Gasteiger partial charge in [-0.15, -0.1) is 0 Å². The maximum absolute atomic E-state index is 5.96. The number of hydrogen-bond acceptors (Lipinski definition) is 2. The lowest BCUT2D eigenvalue weighted by Gasteiger charge is -2.32. The van der Waals surface area contributed by atoms with E-state index >= 15 is 0 Å². The fourth-order valence-corrected chi connectivity index (χ4v) is 7.42. The first kappa shape index (κ1) is 43.5. The first-order valence-electron chi connectivity index (χ1n) is 21.4. The van der Waals surface area contributed by atoms with Gasteiger partial charge in [-0.05, 0) is 55.2 Å². The highest BCUT2D eigenvalue weighted by Gasteiger charge is 2.23. The average Bonchev–Trinajstić information content (AvgIpc) is 3.11. The van der Waals surface area contributed by atoms with Crippen LogP contribution >= 0.6 is 0 Å². The Morgan fingerprint density at radius 3 is 1.31 bits per heavy atom. The lowest BCUT2D eigenvalue weighted by Crippen LogP contribution is -2.40. The maximum atomic E-state index is 5.96. The number of hydrogen-bond donors (Lipinski definition) is 1. The van der Waals surface area contributed by atoms with Crippen LogP contribution in [0.15, 0.2) is 60.7 Å². The second-order valence-corrected chi connectivity index (χ2v) is 16.2. The van der Waals surface area contributed by atoms with Crippen LogP contribution in [0, 0.1) is 5.41 Å². The molecule has 2 rings (SSSR count). The Labute approximate surface area is 306 Å². The zero-order valence-corrected chi connectivity index (χ0v) is 33.1. The van der Waals surface area contributed by atoms with Crippen LogP contribution in [0.4, 0.5) is 0 Å². The highest BCUT2D eigenvalue weighted by atomic mass is 16.5. The summed E-state index contributed by atoms with van der Waals surface area (Å²) in [5.74, 6) is 0.526. The first-order chi connectivity index (χ1) is 24.0. The third kappa shape index (κ3) is 23.5. The zero-order valence-electron chi connectivity index (χ0n) is 33.1. The molecule has 1 N–H and O–H groups in total. The molecule has 0 fully saturated rings. The van der Waals surface area contributed by atoms with Crippen molar-refractivity contribution >= 4 is 0 Å². The second kappa shape index (κ2) is 30.0. The van der Waals surface area contributed by atoms with Crippen molar-refractivity contribution in [3.8, 4) is 0 Å². The molecule has 280 valence electrons. The van der Waals surface area contributed by atoms with E-state index in [1.807, 2.05) is 0 Å². The number of benzene rings is 2. The molecule has 0 aliphatic heterocycles. The largest absolute Gasteiger partial charge is 0.381 e. The molecule has 2 heteroatoms. The van der Waals surface area contributed by atoms with Crippen LogP contribution in [0.25, 0.3) is 0 Å². The van der Waals surface area contributed by atoms with Crippen LogP contribution in [0.5, 0.6) is 0 Å². The van der Waals surface area contributed by atoms with Crippen molar-refractivity contribution in [3.05, 3.63) is 71.8 Å². The summed E-state index contributed by atoms with van der Waals surface area (Å²) in [7, 11) is 0. The predicted octanol–water partition coefficient (Wildman–Crippen LogP) is 14.6. The molecule has 1 unspecified atom stereocenters. The molecule has 2 aromatic carbocycles. The summed E-state index contributed by atoms with van der Waals surface area (Å²) in [5.41, 5.74) is 3.27. The first-order valence-corrected chi connectivity index (χ1v) is 21.4. The van der Waals surface area contributed by atoms with Crippen molar-refractivity contribution in [2.24, 2.45) is 5.41 Å². The molecule has 2 nitrogen and oxygen atoms in total. The summed E-state index contributed by atoms with van der Waals surface area (Å²) < 4.78 is 5.96. The molecule has 0 aliphatic carbocycles. The van der Waals surface area contributed by atoms with E-state index in [1.165, 1.54) is 178 Å². The van der Waals surface area contributed by atoms with Gasteiger partial charge in [0.1, 0.15) is 0 Å². The van der Waals surface area contributed by atoms with E-state index in [9.17, 15) is 0 Å². The standard InChI is InChI=1S/C47H81NO/c1-5-6-7-8-9-15-20-31-40-48-46(47(2,3)4)39-30-19-14-10-11-16-21-32-41-49-42-33-22-17-12-13-18-29-38-45(43-34-25-23-26-35-43)44-36-27-24-28-37-44/h23-28,34-37,45-46,48H,5-22,29-33,38-42H2,1-4H3. The highest BCUT2D eigenvalue weighted by Crippen LogP contribution is 2.30. The molecule has 0 heterocycles. The minimum absolute atomic E-state index is 0.360. The van der Waals surface area contributed by atoms with Gasteiger partial charge in [-0.3, -0.25) is 0 Å². The Morgan fingerprint density at radius 1 is 0.469 bits per heavy atom. The SMILES string of the molecule is CCCCCCCCCCNC(CCCCCCCCCCOCCCCCCCCCC(c1ccccc1)c1ccccc1)C(C)(C)C. The van der Waals surface area contributed by atoms with Crippen molar-refractivity contribution in [2.75, 3.05) is 19.8 Å². The van der Waals surface area contributed by atoms with E-state index in [1.54, 1.807) is 0 Å². The highest BCUT2D eigenvalue weighted by molar-refractivity contribution is 5.32. The van der Waals surface area contributed by atoms with Crippen LogP contribution in [0.1, 0.15) is 205 Å². The minimum Gasteiger partial charge on any atom is -0.381 e. The summed E-state index contributed by atoms with van der Waals surface area (Å²) in [6.07, 6.45) is 34.1. The molecule has 0 bridgehead atoms. The van der Waals surface area contributed by atoms with E-state index in [-0.39, 0.29) is 0 Å². The molecule has 0 radical (unpaired) electrons. The summed E-state index contributed by atoms with van der Waals surface area (Å²) in [6, 6.07) is 22.8. The maximum Gasteiger partial charge on any atom is 0.0466 e. The van der Waals surface area contributed by atoms with E-state index in [4.69, 9.17) is 4.74 Å². The number of rotatable bonds is 33. The van der Waals surface area contributed by atoms with Gasteiger partial charge in [0.25, 0.3) is 0 Å². The van der Waals surface area contributed by atoms with Gasteiger partial charge in [0.15, 0.2) is 0 Å². The molecule has 2 aromatic rings. The third-order valence-electron chi connectivity index (χ3n) is 10.7. The van der Waals surface area contributed by atoms with Crippen LogP contribution < -0.4 is 5.32 Å². The van der Waals surface area contributed by atoms with Gasteiger partial charge in [-0.1, -0.05) is 217 Å². The van der Waals surface area contributed by atoms with Crippen LogP contribution in [0.2, 0.25) is 0 Å². The zero-order chi connectivity index (χ0) is 35.1. The Hall–Kier alpha value is -1.64. The van der Waals surface area contributed by atoms with Crippen molar-refractivity contribution in [1.29, 1.82) is 0 Å². The smallest absolute Gasteiger partial charge is 0.0466 e. The minimum atomic E-state index is 0.360. The van der Waals surface area contributed by atoms with Crippen LogP contribution in [0.3, 0.4) is 0 Å². The Bertz CT molecular complexity index is 912. The average molecular weight is 676 g/mol. The number of ether oxygens (including phenoxy) is 1. The van der Waals surface area contributed by atoms with Gasteiger partial charge < -0.3 is 10.1 Å². The van der Waals surface area contributed by atoms with Crippen LogP contribution in [-0.2, 0) is 4.74 Å². The molecule has 0 spiro atoms. The van der Waals surface area contributed by atoms with Crippen molar-refractivity contribution in [3.63, 3.8) is 0 Å². The molecule has 0 saturated carbocycles. The molecule has 0 saturated heterocycles. The summed E-state index contributed by atoms with van der Waals surface area (Å²) in [6.45, 7) is 12.7. The Kier molecular flexibility index (Phi) is 26.7. The molecular formula is C47H81NO. The van der Waals surface area contributed by atoms with E-state index in [0.717, 1.165) is 13.2 Å². The fourth-order valence-electron chi connectivity index (χ4n) is 7.42. The Morgan fingerprint density at radius 2 is 0.857 bits per heavy atom. The van der Waals surface area contributed by atoms with Gasteiger partial charge >= 0.3 is 0 Å². The molecule has 0 aliphatic rings. The monoisotopic (exact) mass is 676 g/mol. The predicted molar refractivity (Wildman–Crippen MR) is 218 cm³/mol.